The Morgan fingerprint density at radius 3 is 2.76 bits per heavy atom. The number of anilines is 1. The van der Waals surface area contributed by atoms with Crippen LogP contribution in [0.1, 0.15) is 21.5 Å². The van der Waals surface area contributed by atoms with Crippen LogP contribution in [0.4, 0.5) is 10.1 Å². The predicted molar refractivity (Wildman–Crippen MR) is 79.5 cm³/mol. The van der Waals surface area contributed by atoms with Crippen molar-refractivity contribution in [1.29, 1.82) is 0 Å². The maximum atomic E-state index is 13.5. The van der Waals surface area contributed by atoms with Crippen molar-refractivity contribution in [2.24, 2.45) is 0 Å². The summed E-state index contributed by atoms with van der Waals surface area (Å²) >= 11 is 0. The molecule has 0 aliphatic heterocycles. The third-order valence-corrected chi connectivity index (χ3v) is 2.92. The summed E-state index contributed by atoms with van der Waals surface area (Å²) in [5, 5.41) is 11.2. The molecule has 0 unspecified atom stereocenters. The van der Waals surface area contributed by atoms with Crippen molar-refractivity contribution in [2.45, 2.75) is 6.92 Å². The number of aliphatic hydroxyl groups excluding tert-OH is 1. The molecule has 21 heavy (non-hydrogen) atoms. The van der Waals surface area contributed by atoms with Crippen molar-refractivity contribution in [3.05, 3.63) is 65.0 Å². The lowest BCUT2D eigenvalue weighted by molar-refractivity contribution is 0.102. The molecule has 3 nitrogen and oxygen atoms in total. The second-order valence-corrected chi connectivity index (χ2v) is 4.42. The summed E-state index contributed by atoms with van der Waals surface area (Å²) in [6.45, 7) is 1.55. The molecule has 2 rings (SSSR count). The maximum Gasteiger partial charge on any atom is 0.256 e. The van der Waals surface area contributed by atoms with Gasteiger partial charge in [-0.25, -0.2) is 4.39 Å². The monoisotopic (exact) mass is 283 g/mol. The molecule has 0 saturated carbocycles. The molecule has 2 N–H and O–H groups in total. The lowest BCUT2D eigenvalue weighted by Gasteiger charge is -2.09. The van der Waals surface area contributed by atoms with Gasteiger partial charge >= 0.3 is 0 Å². The van der Waals surface area contributed by atoms with E-state index in [-0.39, 0.29) is 12.3 Å². The number of hydrogen-bond acceptors (Lipinski definition) is 2. The highest BCUT2D eigenvalue weighted by Crippen LogP contribution is 2.16. The molecular weight excluding hydrogens is 269 g/mol. The topological polar surface area (TPSA) is 49.3 Å². The Morgan fingerprint density at radius 2 is 2.05 bits per heavy atom. The van der Waals surface area contributed by atoms with Gasteiger partial charge in [-0.1, -0.05) is 30.0 Å². The highest BCUT2D eigenvalue weighted by atomic mass is 19.1. The van der Waals surface area contributed by atoms with Crippen LogP contribution in [0.25, 0.3) is 0 Å². The number of benzene rings is 2. The number of hydrogen-bond donors (Lipinski definition) is 2. The number of nitrogens with one attached hydrogen (secondary N) is 1. The van der Waals surface area contributed by atoms with E-state index in [9.17, 15) is 9.18 Å². The minimum absolute atomic E-state index is 0.133. The number of carbonyl (C=O) groups is 1. The van der Waals surface area contributed by atoms with E-state index in [0.29, 0.717) is 11.1 Å². The Labute approximate surface area is 122 Å². The summed E-state index contributed by atoms with van der Waals surface area (Å²) in [5.41, 5.74) is 1.93. The number of rotatable bonds is 2. The highest BCUT2D eigenvalue weighted by molar-refractivity contribution is 6.05. The molecule has 0 fully saturated rings. The van der Waals surface area contributed by atoms with Gasteiger partial charge in [0.15, 0.2) is 0 Å². The first-order valence-electron chi connectivity index (χ1n) is 6.38. The fourth-order valence-corrected chi connectivity index (χ4v) is 1.84. The Morgan fingerprint density at radius 1 is 1.29 bits per heavy atom. The number of aryl methyl sites for hydroxylation is 1. The predicted octanol–water partition coefficient (Wildman–Crippen LogP) is 2.73. The van der Waals surface area contributed by atoms with E-state index >= 15 is 0 Å². The van der Waals surface area contributed by atoms with Gasteiger partial charge in [0.25, 0.3) is 5.91 Å². The van der Waals surface area contributed by atoms with Crippen molar-refractivity contribution >= 4 is 11.6 Å². The number of aliphatic hydroxyl groups is 1. The SMILES string of the molecule is Cc1ccc(C#CCO)cc1C(=O)Nc1ccccc1F. The standard InChI is InChI=1S/C17H14FNO2/c1-12-8-9-13(5-4-10-20)11-14(12)17(21)19-16-7-3-2-6-15(16)18/h2-3,6-9,11,20H,10H2,1H3,(H,19,21). The summed E-state index contributed by atoms with van der Waals surface area (Å²) in [6.07, 6.45) is 0. The largest absolute Gasteiger partial charge is 0.384 e. The van der Waals surface area contributed by atoms with Crippen molar-refractivity contribution in [2.75, 3.05) is 11.9 Å². The third kappa shape index (κ3) is 3.68. The van der Waals surface area contributed by atoms with Gasteiger partial charge in [0.05, 0.1) is 5.69 Å². The molecule has 2 aromatic carbocycles. The van der Waals surface area contributed by atoms with Crippen LogP contribution in [-0.4, -0.2) is 17.6 Å². The van der Waals surface area contributed by atoms with E-state index in [2.05, 4.69) is 17.2 Å². The van der Waals surface area contributed by atoms with Crippen LogP contribution >= 0.6 is 0 Å². The van der Waals surface area contributed by atoms with Crippen LogP contribution < -0.4 is 5.32 Å². The van der Waals surface area contributed by atoms with Crippen molar-refractivity contribution in [3.63, 3.8) is 0 Å². The quantitative estimate of drug-likeness (QED) is 0.833. The first kappa shape index (κ1) is 14.8. The van der Waals surface area contributed by atoms with Gasteiger partial charge in [-0.05, 0) is 36.8 Å². The lowest BCUT2D eigenvalue weighted by atomic mass is 10.0. The number of para-hydroxylation sites is 1. The van der Waals surface area contributed by atoms with Gasteiger partial charge in [0.2, 0.25) is 0 Å². The molecule has 0 aliphatic carbocycles. The van der Waals surface area contributed by atoms with Gasteiger partial charge in [-0.15, -0.1) is 0 Å². The van der Waals surface area contributed by atoms with E-state index in [0.717, 1.165) is 5.56 Å². The summed E-state index contributed by atoms with van der Waals surface area (Å²) in [7, 11) is 0. The van der Waals surface area contributed by atoms with E-state index < -0.39 is 11.7 Å². The molecule has 0 spiro atoms. The first-order valence-corrected chi connectivity index (χ1v) is 6.38. The minimum atomic E-state index is -0.486. The number of amides is 1. The Bertz CT molecular complexity index is 729. The zero-order chi connectivity index (χ0) is 15.2. The molecular formula is C17H14FNO2. The first-order chi connectivity index (χ1) is 10.1. The molecule has 0 saturated heterocycles. The zero-order valence-corrected chi connectivity index (χ0v) is 11.5. The van der Waals surface area contributed by atoms with Gasteiger partial charge < -0.3 is 10.4 Å². The van der Waals surface area contributed by atoms with Crippen LogP contribution in [0.15, 0.2) is 42.5 Å². The van der Waals surface area contributed by atoms with E-state index in [1.54, 1.807) is 37.3 Å². The second kappa shape index (κ2) is 6.69. The Balaban J connectivity index is 2.28. The molecule has 0 atom stereocenters. The molecule has 4 heteroatoms. The molecule has 0 heterocycles. The van der Waals surface area contributed by atoms with Crippen LogP contribution in [0.2, 0.25) is 0 Å². The minimum Gasteiger partial charge on any atom is -0.384 e. The smallest absolute Gasteiger partial charge is 0.256 e. The molecule has 0 radical (unpaired) electrons. The van der Waals surface area contributed by atoms with E-state index in [1.165, 1.54) is 12.1 Å². The van der Waals surface area contributed by atoms with Gasteiger partial charge in [-0.3, -0.25) is 4.79 Å². The third-order valence-electron chi connectivity index (χ3n) is 2.92. The molecule has 2 aromatic rings. The summed E-state index contributed by atoms with van der Waals surface area (Å²) < 4.78 is 13.5. The molecule has 0 aliphatic rings. The van der Waals surface area contributed by atoms with Crippen LogP contribution in [0.3, 0.4) is 0 Å². The molecule has 106 valence electrons. The van der Waals surface area contributed by atoms with Crippen molar-refractivity contribution in [3.8, 4) is 11.8 Å². The highest BCUT2D eigenvalue weighted by Gasteiger charge is 2.11. The van der Waals surface area contributed by atoms with Crippen LogP contribution in [0.5, 0.6) is 0 Å². The average molecular weight is 283 g/mol. The second-order valence-electron chi connectivity index (χ2n) is 4.42. The fourth-order valence-electron chi connectivity index (χ4n) is 1.84. The molecule has 0 aromatic heterocycles. The summed E-state index contributed by atoms with van der Waals surface area (Å²) in [4.78, 5) is 12.2. The van der Waals surface area contributed by atoms with Gasteiger partial charge in [0.1, 0.15) is 12.4 Å². The average Bonchev–Trinajstić information content (AvgIpc) is 2.48. The van der Waals surface area contributed by atoms with Crippen molar-refractivity contribution < 1.29 is 14.3 Å². The molecule has 0 bridgehead atoms. The molecule has 1 amide bonds. The van der Waals surface area contributed by atoms with Crippen molar-refractivity contribution in [1.82, 2.24) is 0 Å². The fraction of sp³-hybridized carbons (Fsp3) is 0.118. The maximum absolute atomic E-state index is 13.5. The van der Waals surface area contributed by atoms with Gasteiger partial charge in [0, 0.05) is 11.1 Å². The number of halogens is 1. The van der Waals surface area contributed by atoms with Gasteiger partial charge in [-0.2, -0.15) is 0 Å². The normalized spacial score (nSPS) is 9.67. The Hall–Kier alpha value is -2.64. The summed E-state index contributed by atoms with van der Waals surface area (Å²) in [6, 6.07) is 11.1. The van der Waals surface area contributed by atoms with Crippen LogP contribution in [0, 0.1) is 24.6 Å². The zero-order valence-electron chi connectivity index (χ0n) is 11.5. The van der Waals surface area contributed by atoms with E-state index in [1.807, 2.05) is 0 Å². The Kier molecular flexibility index (Phi) is 4.70. The number of carbonyl (C=O) groups excluding carboxylic acids is 1. The summed E-state index contributed by atoms with van der Waals surface area (Å²) in [5.74, 6) is 4.38. The lowest BCUT2D eigenvalue weighted by Crippen LogP contribution is -2.14. The van der Waals surface area contributed by atoms with Crippen LogP contribution in [-0.2, 0) is 0 Å². The van der Waals surface area contributed by atoms with E-state index in [4.69, 9.17) is 5.11 Å².